The molecule has 3 aromatic rings. The van der Waals surface area contributed by atoms with Gasteiger partial charge < -0.3 is 10.6 Å². The molecule has 1 unspecified atom stereocenters. The number of fused-ring (bicyclic) bond motifs is 1. The third-order valence-corrected chi connectivity index (χ3v) is 5.07. The van der Waals surface area contributed by atoms with E-state index in [4.69, 9.17) is 5.10 Å². The van der Waals surface area contributed by atoms with Crippen LogP contribution in [-0.2, 0) is 17.8 Å². The standard InChI is InChI=1S/C20H23FN6O/c21-16-4-2-1-3-14(16)5-6-17(28)23-11-12-27-20-19(24-9-10-25-20)18(26-27)15-7-8-22-13-15/h1-4,9-10,15,22H,5-8,11-13H2,(H,23,28). The molecule has 1 aromatic carbocycles. The number of amides is 1. The van der Waals surface area contributed by atoms with E-state index in [1.807, 2.05) is 4.68 Å². The van der Waals surface area contributed by atoms with Gasteiger partial charge in [-0.05, 0) is 31.0 Å². The second-order valence-electron chi connectivity index (χ2n) is 6.97. The number of rotatable bonds is 7. The maximum Gasteiger partial charge on any atom is 0.220 e. The van der Waals surface area contributed by atoms with Gasteiger partial charge in [-0.25, -0.2) is 19.0 Å². The fraction of sp³-hybridized carbons (Fsp3) is 0.400. The fourth-order valence-corrected chi connectivity index (χ4v) is 3.58. The van der Waals surface area contributed by atoms with E-state index in [2.05, 4.69) is 20.6 Å². The van der Waals surface area contributed by atoms with Gasteiger partial charge in [0, 0.05) is 37.8 Å². The second kappa shape index (κ2) is 8.43. The van der Waals surface area contributed by atoms with Crippen LogP contribution in [0.1, 0.15) is 30.0 Å². The lowest BCUT2D eigenvalue weighted by Crippen LogP contribution is -2.27. The molecule has 7 nitrogen and oxygen atoms in total. The van der Waals surface area contributed by atoms with Crippen LogP contribution < -0.4 is 10.6 Å². The molecule has 0 bridgehead atoms. The molecular formula is C20H23FN6O. The van der Waals surface area contributed by atoms with E-state index in [-0.39, 0.29) is 18.1 Å². The van der Waals surface area contributed by atoms with Gasteiger partial charge in [-0.15, -0.1) is 0 Å². The average molecular weight is 382 g/mol. The number of hydrogen-bond donors (Lipinski definition) is 2. The van der Waals surface area contributed by atoms with Crippen LogP contribution in [0, 0.1) is 5.82 Å². The van der Waals surface area contributed by atoms with Gasteiger partial charge in [0.2, 0.25) is 5.91 Å². The summed E-state index contributed by atoms with van der Waals surface area (Å²) in [5, 5.41) is 11.0. The van der Waals surface area contributed by atoms with Crippen LogP contribution in [0.15, 0.2) is 36.7 Å². The van der Waals surface area contributed by atoms with Crippen molar-refractivity contribution in [3.8, 4) is 0 Å². The first-order valence-corrected chi connectivity index (χ1v) is 9.60. The first-order chi connectivity index (χ1) is 13.7. The zero-order valence-electron chi connectivity index (χ0n) is 15.6. The molecule has 2 aromatic heterocycles. The summed E-state index contributed by atoms with van der Waals surface area (Å²) in [7, 11) is 0. The number of benzene rings is 1. The number of carbonyl (C=O) groups excluding carboxylic acids is 1. The van der Waals surface area contributed by atoms with Gasteiger partial charge in [0.1, 0.15) is 11.3 Å². The fourth-order valence-electron chi connectivity index (χ4n) is 3.58. The van der Waals surface area contributed by atoms with Gasteiger partial charge in [-0.2, -0.15) is 5.10 Å². The molecule has 1 atom stereocenters. The number of aryl methyl sites for hydroxylation is 1. The highest BCUT2D eigenvalue weighted by atomic mass is 19.1. The lowest BCUT2D eigenvalue weighted by molar-refractivity contribution is -0.121. The number of halogens is 1. The molecule has 0 radical (unpaired) electrons. The van der Waals surface area contributed by atoms with E-state index in [0.717, 1.165) is 36.4 Å². The van der Waals surface area contributed by atoms with Crippen molar-refractivity contribution in [3.05, 3.63) is 53.7 Å². The lowest BCUT2D eigenvalue weighted by Gasteiger charge is -2.07. The van der Waals surface area contributed by atoms with E-state index in [9.17, 15) is 9.18 Å². The molecule has 146 valence electrons. The normalized spacial score (nSPS) is 16.5. The van der Waals surface area contributed by atoms with Crippen molar-refractivity contribution in [2.24, 2.45) is 0 Å². The van der Waals surface area contributed by atoms with Crippen LogP contribution >= 0.6 is 0 Å². The Morgan fingerprint density at radius 2 is 2.14 bits per heavy atom. The highest BCUT2D eigenvalue weighted by Crippen LogP contribution is 2.26. The van der Waals surface area contributed by atoms with Crippen LogP contribution in [-0.4, -0.2) is 45.3 Å². The summed E-state index contributed by atoms with van der Waals surface area (Å²) in [6.45, 7) is 2.83. The topological polar surface area (TPSA) is 84.7 Å². The number of hydrogen-bond acceptors (Lipinski definition) is 5. The minimum absolute atomic E-state index is 0.106. The van der Waals surface area contributed by atoms with Gasteiger partial charge >= 0.3 is 0 Å². The van der Waals surface area contributed by atoms with Gasteiger partial charge in [0.15, 0.2) is 5.65 Å². The van der Waals surface area contributed by atoms with E-state index >= 15 is 0 Å². The highest BCUT2D eigenvalue weighted by Gasteiger charge is 2.24. The molecule has 1 fully saturated rings. The Morgan fingerprint density at radius 1 is 1.29 bits per heavy atom. The summed E-state index contributed by atoms with van der Waals surface area (Å²) in [5.74, 6) is -0.0346. The molecule has 0 spiro atoms. The lowest BCUT2D eigenvalue weighted by atomic mass is 10.0. The Balaban J connectivity index is 1.35. The molecule has 4 rings (SSSR count). The molecule has 0 aliphatic carbocycles. The zero-order chi connectivity index (χ0) is 19.3. The molecule has 2 N–H and O–H groups in total. The minimum Gasteiger partial charge on any atom is -0.354 e. The number of nitrogens with zero attached hydrogens (tertiary/aromatic N) is 4. The summed E-state index contributed by atoms with van der Waals surface area (Å²) in [6.07, 6.45) is 5.01. The third kappa shape index (κ3) is 4.01. The Morgan fingerprint density at radius 3 is 2.96 bits per heavy atom. The predicted octanol–water partition coefficient (Wildman–Crippen LogP) is 1.79. The summed E-state index contributed by atoms with van der Waals surface area (Å²) >= 11 is 0. The summed E-state index contributed by atoms with van der Waals surface area (Å²) in [6, 6.07) is 6.54. The van der Waals surface area contributed by atoms with Gasteiger partial charge in [-0.1, -0.05) is 18.2 Å². The number of aromatic nitrogens is 4. The van der Waals surface area contributed by atoms with Crippen LogP contribution in [0.2, 0.25) is 0 Å². The van der Waals surface area contributed by atoms with Crippen molar-refractivity contribution in [3.63, 3.8) is 0 Å². The Kier molecular flexibility index (Phi) is 5.57. The van der Waals surface area contributed by atoms with Crippen molar-refractivity contribution in [2.45, 2.75) is 31.7 Å². The summed E-state index contributed by atoms with van der Waals surface area (Å²) < 4.78 is 15.4. The Hall–Kier alpha value is -2.87. The van der Waals surface area contributed by atoms with Crippen molar-refractivity contribution < 1.29 is 9.18 Å². The largest absolute Gasteiger partial charge is 0.354 e. The van der Waals surface area contributed by atoms with E-state index in [1.165, 1.54) is 6.07 Å². The van der Waals surface area contributed by atoms with Crippen LogP contribution in [0.25, 0.3) is 11.2 Å². The first-order valence-electron chi connectivity index (χ1n) is 9.60. The van der Waals surface area contributed by atoms with Gasteiger partial charge in [0.25, 0.3) is 0 Å². The van der Waals surface area contributed by atoms with Gasteiger partial charge in [-0.3, -0.25) is 4.79 Å². The van der Waals surface area contributed by atoms with Crippen LogP contribution in [0.3, 0.4) is 0 Å². The first kappa shape index (κ1) is 18.5. The summed E-state index contributed by atoms with van der Waals surface area (Å²) in [4.78, 5) is 21.0. The third-order valence-electron chi connectivity index (χ3n) is 5.07. The molecule has 0 saturated carbocycles. The van der Waals surface area contributed by atoms with Crippen molar-refractivity contribution in [1.29, 1.82) is 0 Å². The maximum absolute atomic E-state index is 13.6. The Bertz CT molecular complexity index is 966. The van der Waals surface area contributed by atoms with Gasteiger partial charge in [0.05, 0.1) is 12.2 Å². The van der Waals surface area contributed by atoms with E-state index < -0.39 is 0 Å². The minimum atomic E-state index is -0.272. The zero-order valence-corrected chi connectivity index (χ0v) is 15.6. The molecular weight excluding hydrogens is 359 g/mol. The smallest absolute Gasteiger partial charge is 0.220 e. The maximum atomic E-state index is 13.6. The molecule has 1 aliphatic heterocycles. The average Bonchev–Trinajstić information content (AvgIpc) is 3.36. The Labute approximate surface area is 162 Å². The monoisotopic (exact) mass is 382 g/mol. The highest BCUT2D eigenvalue weighted by molar-refractivity contribution is 5.76. The van der Waals surface area contributed by atoms with Crippen molar-refractivity contribution in [2.75, 3.05) is 19.6 Å². The molecule has 1 aliphatic rings. The van der Waals surface area contributed by atoms with Crippen LogP contribution in [0.5, 0.6) is 0 Å². The van der Waals surface area contributed by atoms with E-state index in [1.54, 1.807) is 30.6 Å². The molecule has 1 saturated heterocycles. The number of carbonyl (C=O) groups is 1. The molecule has 8 heteroatoms. The summed E-state index contributed by atoms with van der Waals surface area (Å²) in [5.41, 5.74) is 3.10. The van der Waals surface area contributed by atoms with Crippen molar-refractivity contribution in [1.82, 2.24) is 30.4 Å². The predicted molar refractivity (Wildman–Crippen MR) is 103 cm³/mol. The molecule has 1 amide bonds. The molecule has 28 heavy (non-hydrogen) atoms. The van der Waals surface area contributed by atoms with E-state index in [0.29, 0.717) is 31.0 Å². The second-order valence-corrected chi connectivity index (χ2v) is 6.97. The quantitative estimate of drug-likeness (QED) is 0.651. The number of nitrogens with one attached hydrogen (secondary N) is 2. The SMILES string of the molecule is O=C(CCc1ccccc1F)NCCn1nc(C2CCNC2)c2nccnc21. The molecule has 3 heterocycles. The van der Waals surface area contributed by atoms with Crippen LogP contribution in [0.4, 0.5) is 4.39 Å². The van der Waals surface area contributed by atoms with Crippen molar-refractivity contribution >= 4 is 17.1 Å².